The van der Waals surface area contributed by atoms with Crippen LogP contribution in [-0.2, 0) is 4.74 Å². The van der Waals surface area contributed by atoms with Crippen LogP contribution in [0.2, 0.25) is 0 Å². The van der Waals surface area contributed by atoms with Gasteiger partial charge in [-0.15, -0.1) is 0 Å². The topological polar surface area (TPSA) is 24.5 Å². The Hall–Kier alpha value is -1.13. The van der Waals surface area contributed by atoms with Crippen molar-refractivity contribution < 1.29 is 4.74 Å². The molecule has 0 spiro atoms. The Morgan fingerprint density at radius 2 is 2.22 bits per heavy atom. The average molecular weight is 264 g/mol. The van der Waals surface area contributed by atoms with Gasteiger partial charge in [-0.25, -0.2) is 0 Å². The van der Waals surface area contributed by atoms with Gasteiger partial charge in [0.15, 0.2) is 5.11 Å². The lowest BCUT2D eigenvalue weighted by molar-refractivity contribution is 0.0928. The van der Waals surface area contributed by atoms with E-state index in [1.165, 1.54) is 6.42 Å². The molecule has 0 aromatic heterocycles. The van der Waals surface area contributed by atoms with Crippen LogP contribution in [0.3, 0.4) is 0 Å². The number of nitrogens with zero attached hydrogens (tertiary/aromatic N) is 1. The van der Waals surface area contributed by atoms with Gasteiger partial charge in [0.2, 0.25) is 0 Å². The van der Waals surface area contributed by atoms with Crippen LogP contribution < -0.4 is 5.32 Å². The first-order chi connectivity index (χ1) is 8.79. The summed E-state index contributed by atoms with van der Waals surface area (Å²) in [4.78, 5) is 2.16. The molecule has 0 amide bonds. The SMILES string of the molecule is CCN(CC1CCCO1)C(=S)Nc1ccccc1. The zero-order valence-corrected chi connectivity index (χ0v) is 11.6. The maximum Gasteiger partial charge on any atom is 0.173 e. The molecule has 1 N–H and O–H groups in total. The summed E-state index contributed by atoms with van der Waals surface area (Å²) < 4.78 is 5.66. The van der Waals surface area contributed by atoms with Crippen molar-refractivity contribution in [3.05, 3.63) is 30.3 Å². The molecular weight excluding hydrogens is 244 g/mol. The average Bonchev–Trinajstić information content (AvgIpc) is 2.90. The van der Waals surface area contributed by atoms with Gasteiger partial charge in [0.05, 0.1) is 6.10 Å². The van der Waals surface area contributed by atoms with Crippen molar-refractivity contribution in [3.63, 3.8) is 0 Å². The van der Waals surface area contributed by atoms with E-state index in [1.54, 1.807) is 0 Å². The molecule has 2 rings (SSSR count). The molecule has 1 saturated heterocycles. The molecule has 4 heteroatoms. The van der Waals surface area contributed by atoms with Crippen molar-refractivity contribution >= 4 is 23.0 Å². The van der Waals surface area contributed by atoms with E-state index in [2.05, 4.69) is 17.1 Å². The van der Waals surface area contributed by atoms with Crippen molar-refractivity contribution in [3.8, 4) is 0 Å². The molecule has 3 nitrogen and oxygen atoms in total. The van der Waals surface area contributed by atoms with E-state index in [9.17, 15) is 0 Å². The summed E-state index contributed by atoms with van der Waals surface area (Å²) in [6.45, 7) is 4.79. The molecule has 1 atom stereocenters. The summed E-state index contributed by atoms with van der Waals surface area (Å²) in [6, 6.07) is 10.0. The lowest BCUT2D eigenvalue weighted by Gasteiger charge is -2.26. The highest BCUT2D eigenvalue weighted by Gasteiger charge is 2.19. The number of anilines is 1. The van der Waals surface area contributed by atoms with Crippen LogP contribution >= 0.6 is 12.2 Å². The zero-order valence-electron chi connectivity index (χ0n) is 10.8. The fraction of sp³-hybridized carbons (Fsp3) is 0.500. The van der Waals surface area contributed by atoms with Gasteiger partial charge >= 0.3 is 0 Å². The molecule has 98 valence electrons. The van der Waals surface area contributed by atoms with E-state index in [1.807, 2.05) is 30.3 Å². The Bertz CT molecular complexity index is 377. The van der Waals surface area contributed by atoms with Gasteiger partial charge in [-0.2, -0.15) is 0 Å². The van der Waals surface area contributed by atoms with Gasteiger partial charge in [0, 0.05) is 25.4 Å². The molecule has 1 unspecified atom stereocenters. The lowest BCUT2D eigenvalue weighted by Crippen LogP contribution is -2.39. The predicted octanol–water partition coefficient (Wildman–Crippen LogP) is 2.88. The fourth-order valence-corrected chi connectivity index (χ4v) is 2.44. The number of nitrogens with one attached hydrogen (secondary N) is 1. The Morgan fingerprint density at radius 1 is 1.44 bits per heavy atom. The maximum atomic E-state index is 5.66. The first-order valence-electron chi connectivity index (χ1n) is 6.52. The molecule has 0 aliphatic carbocycles. The van der Waals surface area contributed by atoms with Gasteiger partial charge in [-0.05, 0) is 44.1 Å². The number of hydrogen-bond donors (Lipinski definition) is 1. The number of likely N-dealkylation sites (N-methyl/N-ethyl adjacent to an activating group) is 1. The number of benzene rings is 1. The number of para-hydroxylation sites is 1. The normalized spacial score (nSPS) is 18.6. The van der Waals surface area contributed by atoms with Crippen LogP contribution in [0.4, 0.5) is 5.69 Å². The monoisotopic (exact) mass is 264 g/mol. The largest absolute Gasteiger partial charge is 0.376 e. The van der Waals surface area contributed by atoms with E-state index in [-0.39, 0.29) is 0 Å². The van der Waals surface area contributed by atoms with Crippen LogP contribution in [0.15, 0.2) is 30.3 Å². The molecule has 1 aromatic carbocycles. The first kappa shape index (κ1) is 13.3. The van der Waals surface area contributed by atoms with Crippen molar-refractivity contribution in [2.75, 3.05) is 25.0 Å². The Kier molecular flexibility index (Phi) is 4.96. The second kappa shape index (κ2) is 6.71. The third-order valence-electron chi connectivity index (χ3n) is 3.14. The highest BCUT2D eigenvalue weighted by atomic mass is 32.1. The van der Waals surface area contributed by atoms with Crippen LogP contribution in [0, 0.1) is 0 Å². The van der Waals surface area contributed by atoms with Crippen molar-refractivity contribution in [1.82, 2.24) is 4.90 Å². The smallest absolute Gasteiger partial charge is 0.173 e. The molecule has 1 fully saturated rings. The van der Waals surface area contributed by atoms with E-state index < -0.39 is 0 Å². The third-order valence-corrected chi connectivity index (χ3v) is 3.50. The highest BCUT2D eigenvalue weighted by molar-refractivity contribution is 7.80. The third kappa shape index (κ3) is 3.68. The summed E-state index contributed by atoms with van der Waals surface area (Å²) in [5.74, 6) is 0. The molecule has 1 aliphatic rings. The van der Waals surface area contributed by atoms with E-state index >= 15 is 0 Å². The maximum absolute atomic E-state index is 5.66. The highest BCUT2D eigenvalue weighted by Crippen LogP contribution is 2.14. The Morgan fingerprint density at radius 3 is 2.83 bits per heavy atom. The first-order valence-corrected chi connectivity index (χ1v) is 6.93. The Labute approximate surface area is 114 Å². The number of thiocarbonyl (C=S) groups is 1. The van der Waals surface area contributed by atoms with Crippen LogP contribution in [-0.4, -0.2) is 35.8 Å². The molecule has 1 aromatic rings. The van der Waals surface area contributed by atoms with Gasteiger partial charge in [-0.3, -0.25) is 0 Å². The molecule has 1 aliphatic heterocycles. The van der Waals surface area contributed by atoms with Crippen molar-refractivity contribution in [2.45, 2.75) is 25.9 Å². The zero-order chi connectivity index (χ0) is 12.8. The number of hydrogen-bond acceptors (Lipinski definition) is 2. The molecule has 0 saturated carbocycles. The summed E-state index contributed by atoms with van der Waals surface area (Å²) >= 11 is 5.45. The number of ether oxygens (including phenoxy) is 1. The molecule has 1 heterocycles. The van der Waals surface area contributed by atoms with E-state index in [0.717, 1.165) is 36.9 Å². The lowest BCUT2D eigenvalue weighted by atomic mass is 10.2. The molecule has 0 radical (unpaired) electrons. The summed E-state index contributed by atoms with van der Waals surface area (Å²) in [7, 11) is 0. The minimum absolute atomic E-state index is 0.334. The van der Waals surface area contributed by atoms with Crippen LogP contribution in [0.1, 0.15) is 19.8 Å². The van der Waals surface area contributed by atoms with Gasteiger partial charge in [-0.1, -0.05) is 18.2 Å². The van der Waals surface area contributed by atoms with Gasteiger partial charge in [0.1, 0.15) is 0 Å². The van der Waals surface area contributed by atoms with E-state index in [4.69, 9.17) is 17.0 Å². The quantitative estimate of drug-likeness (QED) is 0.845. The van der Waals surface area contributed by atoms with Gasteiger partial charge < -0.3 is 15.0 Å². The van der Waals surface area contributed by atoms with Gasteiger partial charge in [0.25, 0.3) is 0 Å². The Balaban J connectivity index is 1.88. The van der Waals surface area contributed by atoms with Crippen LogP contribution in [0.25, 0.3) is 0 Å². The fourth-order valence-electron chi connectivity index (χ4n) is 2.11. The number of rotatable bonds is 4. The second-order valence-electron chi connectivity index (χ2n) is 4.47. The summed E-state index contributed by atoms with van der Waals surface area (Å²) in [5.41, 5.74) is 1.04. The van der Waals surface area contributed by atoms with Crippen molar-refractivity contribution in [2.24, 2.45) is 0 Å². The summed E-state index contributed by atoms with van der Waals surface area (Å²) in [6.07, 6.45) is 2.64. The predicted molar refractivity (Wildman–Crippen MR) is 78.9 cm³/mol. The summed E-state index contributed by atoms with van der Waals surface area (Å²) in [5, 5.41) is 4.05. The molecule has 0 bridgehead atoms. The standard InChI is InChI=1S/C14H20N2OS/c1-2-16(11-13-9-6-10-17-13)14(18)15-12-7-4-3-5-8-12/h3-5,7-8,13H,2,6,9-11H2,1H3,(H,15,18). The minimum Gasteiger partial charge on any atom is -0.376 e. The molecule has 18 heavy (non-hydrogen) atoms. The van der Waals surface area contributed by atoms with Crippen LogP contribution in [0.5, 0.6) is 0 Å². The van der Waals surface area contributed by atoms with E-state index in [0.29, 0.717) is 6.10 Å². The van der Waals surface area contributed by atoms with Crippen molar-refractivity contribution in [1.29, 1.82) is 0 Å². The molecular formula is C14H20N2OS. The second-order valence-corrected chi connectivity index (χ2v) is 4.86. The minimum atomic E-state index is 0.334.